The molecular formula is C29H32BrClN2O3. The number of hydrogen-bond donors (Lipinski definition) is 1. The number of nitrogens with zero attached hydrogens (tertiary/aromatic N) is 1. The summed E-state index contributed by atoms with van der Waals surface area (Å²) in [7, 11) is 0. The largest absolute Gasteiger partial charge is 0.482 e. The first-order chi connectivity index (χ1) is 17.4. The Labute approximate surface area is 226 Å². The van der Waals surface area contributed by atoms with Crippen molar-refractivity contribution in [2.24, 2.45) is 0 Å². The number of unbranched alkanes of at least 4 members (excludes halogenated alkanes) is 1. The van der Waals surface area contributed by atoms with Crippen LogP contribution in [0.15, 0.2) is 77.3 Å². The average molecular weight is 572 g/mol. The maximum atomic E-state index is 13.6. The van der Waals surface area contributed by atoms with Gasteiger partial charge in [-0.2, -0.15) is 0 Å². The predicted molar refractivity (Wildman–Crippen MR) is 148 cm³/mol. The van der Waals surface area contributed by atoms with Crippen LogP contribution in [0, 0.1) is 6.92 Å². The van der Waals surface area contributed by atoms with Crippen molar-refractivity contribution in [1.82, 2.24) is 10.2 Å². The first-order valence-corrected chi connectivity index (χ1v) is 13.3. The molecule has 0 aliphatic rings. The van der Waals surface area contributed by atoms with Crippen molar-refractivity contribution in [2.45, 2.75) is 45.7 Å². The molecule has 0 aromatic heterocycles. The molecule has 7 heteroatoms. The van der Waals surface area contributed by atoms with Crippen LogP contribution in [-0.4, -0.2) is 35.9 Å². The van der Waals surface area contributed by atoms with E-state index < -0.39 is 6.04 Å². The monoisotopic (exact) mass is 570 g/mol. The molecule has 5 nitrogen and oxygen atoms in total. The zero-order chi connectivity index (χ0) is 25.9. The molecule has 0 aliphatic heterocycles. The summed E-state index contributed by atoms with van der Waals surface area (Å²) in [5.41, 5.74) is 3.02. The minimum atomic E-state index is -0.693. The van der Waals surface area contributed by atoms with Crippen LogP contribution in [0.2, 0.25) is 5.02 Å². The number of halogens is 2. The molecule has 3 aromatic rings. The summed E-state index contributed by atoms with van der Waals surface area (Å²) in [6, 6.07) is 22.2. The van der Waals surface area contributed by atoms with E-state index in [9.17, 15) is 9.59 Å². The van der Waals surface area contributed by atoms with Gasteiger partial charge in [0.25, 0.3) is 5.91 Å². The third-order valence-corrected chi connectivity index (χ3v) is 6.57. The third kappa shape index (κ3) is 8.38. The number of nitrogens with one attached hydrogen (secondary N) is 1. The van der Waals surface area contributed by atoms with Gasteiger partial charge in [0.15, 0.2) is 6.61 Å². The minimum absolute atomic E-state index is 0.171. The summed E-state index contributed by atoms with van der Waals surface area (Å²) in [6.45, 7) is 4.70. The maximum absolute atomic E-state index is 13.6. The molecule has 0 bridgehead atoms. The first-order valence-electron chi connectivity index (χ1n) is 12.1. The summed E-state index contributed by atoms with van der Waals surface area (Å²) in [5.74, 6) is -0.0484. The van der Waals surface area contributed by atoms with Gasteiger partial charge in [-0.3, -0.25) is 9.59 Å². The fourth-order valence-corrected chi connectivity index (χ4v) is 4.61. The molecule has 0 saturated heterocycles. The van der Waals surface area contributed by atoms with Crippen LogP contribution in [0.1, 0.15) is 36.5 Å². The van der Waals surface area contributed by atoms with Crippen LogP contribution in [0.25, 0.3) is 0 Å². The molecule has 1 atom stereocenters. The summed E-state index contributed by atoms with van der Waals surface area (Å²) < 4.78 is 6.62. The van der Waals surface area contributed by atoms with Gasteiger partial charge in [0.1, 0.15) is 11.8 Å². The van der Waals surface area contributed by atoms with Gasteiger partial charge in [0, 0.05) is 24.0 Å². The molecule has 190 valence electrons. The SMILES string of the molecule is CCCCNC(=O)[C@H](Cc1ccccc1)N(Cc1cccc(C)c1)C(=O)COc1ccc(Br)cc1Cl. The molecule has 0 radical (unpaired) electrons. The molecule has 2 amide bonds. The molecule has 0 aliphatic carbocycles. The van der Waals surface area contributed by atoms with Crippen molar-refractivity contribution in [1.29, 1.82) is 0 Å². The van der Waals surface area contributed by atoms with Gasteiger partial charge in [-0.25, -0.2) is 0 Å². The van der Waals surface area contributed by atoms with Crippen LogP contribution >= 0.6 is 27.5 Å². The van der Waals surface area contributed by atoms with Crippen LogP contribution in [0.5, 0.6) is 5.75 Å². The fraction of sp³-hybridized carbons (Fsp3) is 0.310. The summed E-state index contributed by atoms with van der Waals surface area (Å²) in [4.78, 5) is 28.7. The maximum Gasteiger partial charge on any atom is 0.261 e. The molecule has 0 unspecified atom stereocenters. The Hall–Kier alpha value is -2.83. The number of carbonyl (C=O) groups is 2. The molecule has 36 heavy (non-hydrogen) atoms. The van der Waals surface area contributed by atoms with Crippen molar-refractivity contribution >= 4 is 39.3 Å². The Bertz CT molecular complexity index is 1160. The molecule has 0 heterocycles. The Morgan fingerprint density at radius 2 is 1.78 bits per heavy atom. The number of aryl methyl sites for hydroxylation is 1. The van der Waals surface area contributed by atoms with Crippen molar-refractivity contribution in [2.75, 3.05) is 13.2 Å². The predicted octanol–water partition coefficient (Wildman–Crippen LogP) is 6.35. The van der Waals surface area contributed by atoms with Crippen LogP contribution in [0.4, 0.5) is 0 Å². The zero-order valence-corrected chi connectivity index (χ0v) is 23.0. The van der Waals surface area contributed by atoms with E-state index in [2.05, 4.69) is 28.2 Å². The van der Waals surface area contributed by atoms with Gasteiger partial charge in [-0.15, -0.1) is 0 Å². The van der Waals surface area contributed by atoms with E-state index in [0.717, 1.165) is 34.0 Å². The number of benzene rings is 3. The lowest BCUT2D eigenvalue weighted by atomic mass is 10.0. The molecule has 3 aromatic carbocycles. The highest BCUT2D eigenvalue weighted by atomic mass is 79.9. The summed E-state index contributed by atoms with van der Waals surface area (Å²) in [6.07, 6.45) is 2.24. The number of hydrogen-bond acceptors (Lipinski definition) is 3. The highest BCUT2D eigenvalue weighted by Gasteiger charge is 2.30. The smallest absolute Gasteiger partial charge is 0.261 e. The van der Waals surface area contributed by atoms with Gasteiger partial charge < -0.3 is 15.0 Å². The van der Waals surface area contributed by atoms with E-state index in [1.807, 2.05) is 61.5 Å². The average Bonchev–Trinajstić information content (AvgIpc) is 2.86. The summed E-state index contributed by atoms with van der Waals surface area (Å²) >= 11 is 9.66. The van der Waals surface area contributed by atoms with Crippen LogP contribution in [-0.2, 0) is 22.6 Å². The molecule has 0 spiro atoms. The first kappa shape index (κ1) is 27.8. The van der Waals surface area contributed by atoms with Crippen molar-refractivity contribution in [3.05, 3.63) is 99.0 Å². The van der Waals surface area contributed by atoms with Gasteiger partial charge in [0.05, 0.1) is 5.02 Å². The fourth-order valence-electron chi connectivity index (χ4n) is 3.88. The molecule has 1 N–H and O–H groups in total. The second kappa shape index (κ2) is 14.0. The molecule has 3 rings (SSSR count). The van der Waals surface area contributed by atoms with Gasteiger partial charge >= 0.3 is 0 Å². The highest BCUT2D eigenvalue weighted by Crippen LogP contribution is 2.28. The minimum Gasteiger partial charge on any atom is -0.482 e. The van der Waals surface area contributed by atoms with Crippen LogP contribution in [0.3, 0.4) is 0 Å². The van der Waals surface area contributed by atoms with Gasteiger partial charge in [0.2, 0.25) is 5.91 Å². The highest BCUT2D eigenvalue weighted by molar-refractivity contribution is 9.10. The van der Waals surface area contributed by atoms with E-state index >= 15 is 0 Å². The van der Waals surface area contributed by atoms with Gasteiger partial charge in [-0.05, 0) is 42.7 Å². The van der Waals surface area contributed by atoms with Gasteiger partial charge in [-0.1, -0.05) is 101 Å². The number of rotatable bonds is 12. The number of carbonyl (C=O) groups excluding carboxylic acids is 2. The third-order valence-electron chi connectivity index (χ3n) is 5.78. The van der Waals surface area contributed by atoms with E-state index in [1.54, 1.807) is 23.1 Å². The van der Waals surface area contributed by atoms with Crippen molar-refractivity contribution < 1.29 is 14.3 Å². The normalized spacial score (nSPS) is 11.6. The lowest BCUT2D eigenvalue weighted by Crippen LogP contribution is -2.51. The molecule has 0 fully saturated rings. The van der Waals surface area contributed by atoms with E-state index in [0.29, 0.717) is 23.7 Å². The number of ether oxygens (including phenoxy) is 1. The van der Waals surface area contributed by atoms with E-state index in [4.69, 9.17) is 16.3 Å². The lowest BCUT2D eigenvalue weighted by molar-refractivity contribution is -0.142. The molecule has 0 saturated carbocycles. The van der Waals surface area contributed by atoms with Crippen molar-refractivity contribution in [3.63, 3.8) is 0 Å². The number of amides is 2. The summed E-state index contributed by atoms with van der Waals surface area (Å²) in [5, 5.41) is 3.43. The second-order valence-electron chi connectivity index (χ2n) is 8.72. The zero-order valence-electron chi connectivity index (χ0n) is 20.7. The lowest BCUT2D eigenvalue weighted by Gasteiger charge is -2.31. The van der Waals surface area contributed by atoms with Crippen molar-refractivity contribution in [3.8, 4) is 5.75 Å². The standard InChI is InChI=1S/C29H32BrClN2O3/c1-3-4-15-32-29(35)26(17-22-10-6-5-7-11-22)33(19-23-12-8-9-21(2)16-23)28(34)20-36-27-14-13-24(30)18-25(27)31/h5-14,16,18,26H,3-4,15,17,19-20H2,1-2H3,(H,32,35)/t26-/m0/s1. The van der Waals surface area contributed by atoms with E-state index in [1.165, 1.54) is 0 Å². The topological polar surface area (TPSA) is 58.6 Å². The molecular weight excluding hydrogens is 540 g/mol. The Balaban J connectivity index is 1.89. The Morgan fingerprint density at radius 1 is 1.03 bits per heavy atom. The quantitative estimate of drug-likeness (QED) is 0.258. The Kier molecular flexibility index (Phi) is 10.8. The van der Waals surface area contributed by atoms with Crippen LogP contribution < -0.4 is 10.1 Å². The second-order valence-corrected chi connectivity index (χ2v) is 10.0. The van der Waals surface area contributed by atoms with E-state index in [-0.39, 0.29) is 25.0 Å². The Morgan fingerprint density at radius 3 is 2.47 bits per heavy atom.